The average Bonchev–Trinajstić information content (AvgIpc) is 1.41. The van der Waals surface area contributed by atoms with Crippen LogP contribution in [-0.2, 0) is 4.74 Å². The fourth-order valence-electron chi connectivity index (χ4n) is 0.118. The molecule has 0 amide bonds. The molecule has 1 nitrogen and oxygen atoms in total. The second-order valence-corrected chi connectivity index (χ2v) is 1.36. The van der Waals surface area contributed by atoms with Crippen LogP contribution in [0.15, 0.2) is 0 Å². The van der Waals surface area contributed by atoms with E-state index in [9.17, 15) is 0 Å². The number of rotatable bonds is 2. The number of hydrogen-bond donors (Lipinski definition) is 0. The number of methoxy groups -OCH3 is 1. The molecule has 0 aliphatic carbocycles. The molecule has 0 rings (SSSR count). The minimum atomic E-state index is 0. The van der Waals surface area contributed by atoms with Crippen LogP contribution in [0.4, 0.5) is 0 Å². The van der Waals surface area contributed by atoms with Crippen LogP contribution < -0.4 is 0 Å². The van der Waals surface area contributed by atoms with Gasteiger partial charge in [0.05, 0.1) is 0 Å². The molecule has 0 fully saturated rings. The first-order valence-electron chi connectivity index (χ1n) is 1.61. The van der Waals surface area contributed by atoms with E-state index >= 15 is 0 Å². The van der Waals surface area contributed by atoms with E-state index in [0.717, 1.165) is 11.9 Å². The monoisotopic (exact) mass is 88.0 g/mol. The van der Waals surface area contributed by atoms with E-state index in [-0.39, 0.29) is 2.85 Å². The van der Waals surface area contributed by atoms with Gasteiger partial charge in [0.1, 0.15) is 0 Å². The zero-order valence-corrected chi connectivity index (χ0v) is 4.55. The molecular formula is C3H9AlO. The van der Waals surface area contributed by atoms with Gasteiger partial charge in [-0.25, -0.2) is 0 Å². The largest absolute Gasteiger partial charge is 1.00 e. The van der Waals surface area contributed by atoms with Gasteiger partial charge in [-0.3, -0.25) is 0 Å². The summed E-state index contributed by atoms with van der Waals surface area (Å²) in [6.45, 7) is 0.852. The molecule has 2 heteroatoms. The Morgan fingerprint density at radius 3 is 2.60 bits per heavy atom. The summed E-state index contributed by atoms with van der Waals surface area (Å²) in [5.74, 6) is 0. The maximum absolute atomic E-state index is 4.67. The standard InChI is InChI=1S/C3H7O.Al.2H/c1-3-4-2;;;/h1,3H2,2H3;;;/q;+2;2*-1. The molecular weight excluding hydrogens is 79.0 g/mol. The Balaban J connectivity index is -0.0000000800. The topological polar surface area (TPSA) is 9.23 Å². The molecule has 0 spiro atoms. The first-order chi connectivity index (χ1) is 2.41. The number of ether oxygens (including phenoxy) is 1. The van der Waals surface area contributed by atoms with Gasteiger partial charge in [-0.1, -0.05) is 0 Å². The molecule has 0 atom stereocenters. The molecule has 0 saturated carbocycles. The molecule has 5 heavy (non-hydrogen) atoms. The quantitative estimate of drug-likeness (QED) is 0.445. The Bertz CT molecular complexity index is 20.4. The summed E-state index contributed by atoms with van der Waals surface area (Å²) in [7, 11) is 1.70. The average molecular weight is 88.1 g/mol. The van der Waals surface area contributed by atoms with Gasteiger partial charge in [-0.15, -0.1) is 0 Å². The maximum atomic E-state index is 4.67. The van der Waals surface area contributed by atoms with Gasteiger partial charge in [0, 0.05) is 0 Å². The van der Waals surface area contributed by atoms with Crippen LogP contribution in [0.1, 0.15) is 2.85 Å². The van der Waals surface area contributed by atoms with Gasteiger partial charge in [0.25, 0.3) is 0 Å². The van der Waals surface area contributed by atoms with Crippen LogP contribution in [0.5, 0.6) is 0 Å². The summed E-state index contributed by atoms with van der Waals surface area (Å²) in [4.78, 5) is 0. The molecule has 0 aromatic carbocycles. The summed E-state index contributed by atoms with van der Waals surface area (Å²) in [6, 6.07) is 0. The molecule has 0 N–H and O–H groups in total. The fraction of sp³-hybridized carbons (Fsp3) is 1.00. The first-order valence-corrected chi connectivity index (χ1v) is 2.42. The zero-order chi connectivity index (χ0) is 4.12. The van der Waals surface area contributed by atoms with E-state index in [0.29, 0.717) is 0 Å². The third-order valence-corrected chi connectivity index (χ3v) is 0.558. The van der Waals surface area contributed by atoms with Crippen molar-refractivity contribution in [3.63, 3.8) is 0 Å². The van der Waals surface area contributed by atoms with Crippen LogP contribution in [0.25, 0.3) is 0 Å². The molecule has 0 bridgehead atoms. The SMILES string of the molecule is COC[CH2][Al+2].[H-].[H-]. The van der Waals surface area contributed by atoms with Crippen LogP contribution in [0.2, 0.25) is 5.28 Å². The van der Waals surface area contributed by atoms with Crippen molar-refractivity contribution in [1.29, 1.82) is 0 Å². The Morgan fingerprint density at radius 1 is 2.00 bits per heavy atom. The summed E-state index contributed by atoms with van der Waals surface area (Å²) < 4.78 is 4.67. The Labute approximate surface area is 43.7 Å². The van der Waals surface area contributed by atoms with Gasteiger partial charge in [0.2, 0.25) is 0 Å². The van der Waals surface area contributed by atoms with Gasteiger partial charge >= 0.3 is 40.0 Å². The third-order valence-electron chi connectivity index (χ3n) is 0.322. The van der Waals surface area contributed by atoms with E-state index in [4.69, 9.17) is 0 Å². The molecule has 0 radical (unpaired) electrons. The predicted molar refractivity (Wildman–Crippen MR) is 24.7 cm³/mol. The second-order valence-electron chi connectivity index (χ2n) is 0.781. The summed E-state index contributed by atoms with van der Waals surface area (Å²) in [5, 5.41) is 1.04. The molecule has 30 valence electrons. The van der Waals surface area contributed by atoms with Gasteiger partial charge in [-0.2, -0.15) is 0 Å². The van der Waals surface area contributed by atoms with Crippen LogP contribution in [-0.4, -0.2) is 30.0 Å². The van der Waals surface area contributed by atoms with Gasteiger partial charge in [0.15, 0.2) is 0 Å². The van der Waals surface area contributed by atoms with E-state index in [1.54, 1.807) is 7.11 Å². The van der Waals surface area contributed by atoms with Gasteiger partial charge < -0.3 is 2.85 Å². The molecule has 0 aliphatic heterocycles. The van der Waals surface area contributed by atoms with E-state index in [2.05, 4.69) is 21.0 Å². The minimum absolute atomic E-state index is 0. The van der Waals surface area contributed by atoms with Crippen molar-refractivity contribution in [1.82, 2.24) is 0 Å². The third kappa shape index (κ3) is 4.49. The Kier molecular flexibility index (Phi) is 4.93. The number of hydrogen-bond acceptors (Lipinski definition) is 1. The van der Waals surface area contributed by atoms with Crippen LogP contribution in [0.3, 0.4) is 0 Å². The van der Waals surface area contributed by atoms with E-state index < -0.39 is 0 Å². The van der Waals surface area contributed by atoms with Crippen molar-refractivity contribution in [3.05, 3.63) is 0 Å². The van der Waals surface area contributed by atoms with Crippen molar-refractivity contribution < 1.29 is 7.59 Å². The summed E-state index contributed by atoms with van der Waals surface area (Å²) >= 11 is 2.57. The fourth-order valence-corrected chi connectivity index (χ4v) is 0.354. The summed E-state index contributed by atoms with van der Waals surface area (Å²) in [6.07, 6.45) is 0. The molecule has 0 saturated heterocycles. The molecule has 0 aromatic rings. The van der Waals surface area contributed by atoms with E-state index in [1.165, 1.54) is 0 Å². The van der Waals surface area contributed by atoms with Crippen molar-refractivity contribution in [2.45, 2.75) is 5.28 Å². The first kappa shape index (κ1) is 5.49. The smallest absolute Gasteiger partial charge is 1.00 e. The molecule has 0 aliphatic rings. The van der Waals surface area contributed by atoms with Crippen LogP contribution in [0, 0.1) is 0 Å². The van der Waals surface area contributed by atoms with Crippen molar-refractivity contribution >= 4 is 16.3 Å². The second kappa shape index (κ2) is 4.49. The van der Waals surface area contributed by atoms with Crippen molar-refractivity contribution in [2.24, 2.45) is 0 Å². The normalized spacial score (nSPS) is 8.60. The predicted octanol–water partition coefficient (Wildman–Crippen LogP) is 0.445. The van der Waals surface area contributed by atoms with Gasteiger partial charge in [-0.05, 0) is 0 Å². The molecule has 0 unspecified atom stereocenters. The van der Waals surface area contributed by atoms with Crippen molar-refractivity contribution in [3.8, 4) is 0 Å². The van der Waals surface area contributed by atoms with E-state index in [1.807, 2.05) is 0 Å². The Hall–Kier alpha value is 0.492. The maximum Gasteiger partial charge on any atom is -1.00 e. The zero-order valence-electron chi connectivity index (χ0n) is 5.40. The molecule has 0 heterocycles. The Morgan fingerprint density at radius 2 is 2.60 bits per heavy atom. The summed E-state index contributed by atoms with van der Waals surface area (Å²) in [5.41, 5.74) is 0. The molecule has 0 aromatic heterocycles. The van der Waals surface area contributed by atoms with Crippen molar-refractivity contribution in [2.75, 3.05) is 13.7 Å². The minimum Gasteiger partial charge on any atom is -1.00 e. The van der Waals surface area contributed by atoms with Crippen LogP contribution >= 0.6 is 0 Å².